The minimum absolute atomic E-state index is 0.00734. The number of benzene rings is 2. The molecule has 1 saturated carbocycles. The van der Waals surface area contributed by atoms with Crippen molar-refractivity contribution >= 4 is 17.5 Å². The summed E-state index contributed by atoms with van der Waals surface area (Å²) >= 11 is 0. The van der Waals surface area contributed by atoms with Gasteiger partial charge in [-0.05, 0) is 43.0 Å². The van der Waals surface area contributed by atoms with Gasteiger partial charge < -0.3 is 10.2 Å². The predicted octanol–water partition coefficient (Wildman–Crippen LogP) is 2.81. The summed E-state index contributed by atoms with van der Waals surface area (Å²) in [4.78, 5) is 25.9. The van der Waals surface area contributed by atoms with Gasteiger partial charge in [0.15, 0.2) is 0 Å². The summed E-state index contributed by atoms with van der Waals surface area (Å²) in [5.41, 5.74) is 3.20. The number of carbonyl (C=O) groups is 2. The molecule has 1 fully saturated rings. The first kappa shape index (κ1) is 16.2. The highest BCUT2D eigenvalue weighted by molar-refractivity contribution is 6.40. The van der Waals surface area contributed by atoms with Gasteiger partial charge in [0, 0.05) is 24.7 Å². The molecule has 4 nitrogen and oxygen atoms in total. The zero-order valence-corrected chi connectivity index (χ0v) is 14.1. The topological polar surface area (TPSA) is 49.4 Å². The molecule has 0 spiro atoms. The molecule has 0 saturated heterocycles. The molecule has 1 aliphatic carbocycles. The zero-order chi connectivity index (χ0) is 17.2. The van der Waals surface area contributed by atoms with Crippen molar-refractivity contribution in [3.05, 3.63) is 65.7 Å². The summed E-state index contributed by atoms with van der Waals surface area (Å²) < 4.78 is 0. The molecule has 2 aromatic carbocycles. The maximum Gasteiger partial charge on any atom is 0.316 e. The van der Waals surface area contributed by atoms with E-state index in [1.807, 2.05) is 30.3 Å². The van der Waals surface area contributed by atoms with E-state index in [9.17, 15) is 9.59 Å². The Bertz CT molecular complexity index is 751. The maximum atomic E-state index is 12.3. The molecule has 4 heteroatoms. The lowest BCUT2D eigenvalue weighted by atomic mass is 9.92. The first-order valence-corrected chi connectivity index (χ1v) is 8.20. The van der Waals surface area contributed by atoms with Crippen LogP contribution in [-0.4, -0.2) is 25.4 Å². The molecule has 124 valence electrons. The third kappa shape index (κ3) is 3.18. The number of nitrogens with one attached hydrogen (secondary N) is 1. The molecule has 2 aromatic rings. The normalized spacial score (nSPS) is 14.8. The van der Waals surface area contributed by atoms with E-state index in [1.165, 1.54) is 16.0 Å². The number of rotatable bonds is 4. The second kappa shape index (κ2) is 6.48. The number of para-hydroxylation sites is 1. The average molecular weight is 322 g/mol. The highest BCUT2D eigenvalue weighted by Crippen LogP contribution is 2.48. The van der Waals surface area contributed by atoms with Crippen LogP contribution in [0.2, 0.25) is 0 Å². The van der Waals surface area contributed by atoms with Crippen LogP contribution in [0.1, 0.15) is 24.0 Å². The van der Waals surface area contributed by atoms with Crippen LogP contribution in [0.3, 0.4) is 0 Å². The smallest absolute Gasteiger partial charge is 0.316 e. The summed E-state index contributed by atoms with van der Waals surface area (Å²) in [7, 11) is 1.62. The van der Waals surface area contributed by atoms with E-state index in [0.29, 0.717) is 12.2 Å². The summed E-state index contributed by atoms with van der Waals surface area (Å²) in [5, 5.41) is 2.83. The van der Waals surface area contributed by atoms with E-state index < -0.39 is 11.8 Å². The van der Waals surface area contributed by atoms with Crippen LogP contribution in [0.4, 0.5) is 5.69 Å². The molecular weight excluding hydrogens is 300 g/mol. The SMILES string of the molecule is Cc1ccccc1C1(CNC(=O)C(=O)N(C)c2ccccc2)CC1. The van der Waals surface area contributed by atoms with Gasteiger partial charge in [-0.25, -0.2) is 0 Å². The Morgan fingerprint density at radius 3 is 2.29 bits per heavy atom. The summed E-state index contributed by atoms with van der Waals surface area (Å²) in [6.07, 6.45) is 2.09. The molecule has 1 N–H and O–H groups in total. The minimum Gasteiger partial charge on any atom is -0.347 e. The fraction of sp³-hybridized carbons (Fsp3) is 0.300. The average Bonchev–Trinajstić information content (AvgIpc) is 3.40. The maximum absolute atomic E-state index is 12.3. The lowest BCUT2D eigenvalue weighted by Gasteiger charge is -2.20. The van der Waals surface area contributed by atoms with Crippen molar-refractivity contribution in [1.82, 2.24) is 5.32 Å². The number of hydrogen-bond donors (Lipinski definition) is 1. The van der Waals surface area contributed by atoms with Crippen LogP contribution in [0.25, 0.3) is 0 Å². The number of hydrogen-bond acceptors (Lipinski definition) is 2. The van der Waals surface area contributed by atoms with Gasteiger partial charge in [-0.15, -0.1) is 0 Å². The van der Waals surface area contributed by atoms with Crippen LogP contribution < -0.4 is 10.2 Å². The molecular formula is C20H22N2O2. The standard InChI is InChI=1S/C20H22N2O2/c1-15-8-6-7-11-17(15)20(12-13-20)14-21-18(23)19(24)22(2)16-9-4-3-5-10-16/h3-11H,12-14H2,1-2H3,(H,21,23). The molecule has 3 rings (SSSR count). The van der Waals surface area contributed by atoms with Crippen molar-refractivity contribution in [3.8, 4) is 0 Å². The largest absolute Gasteiger partial charge is 0.347 e. The van der Waals surface area contributed by atoms with E-state index in [1.54, 1.807) is 19.2 Å². The first-order valence-electron chi connectivity index (χ1n) is 8.20. The van der Waals surface area contributed by atoms with E-state index >= 15 is 0 Å². The molecule has 0 unspecified atom stereocenters. The molecule has 0 aliphatic heterocycles. The Kier molecular flexibility index (Phi) is 4.38. The Morgan fingerprint density at radius 1 is 1.04 bits per heavy atom. The van der Waals surface area contributed by atoms with E-state index in [4.69, 9.17) is 0 Å². The summed E-state index contributed by atoms with van der Waals surface area (Å²) in [6, 6.07) is 17.4. The summed E-state index contributed by atoms with van der Waals surface area (Å²) in [6.45, 7) is 2.59. The van der Waals surface area contributed by atoms with Crippen molar-refractivity contribution in [2.75, 3.05) is 18.5 Å². The fourth-order valence-corrected chi connectivity index (χ4v) is 3.11. The summed E-state index contributed by atoms with van der Waals surface area (Å²) in [5.74, 6) is -1.09. The molecule has 0 aromatic heterocycles. The monoisotopic (exact) mass is 322 g/mol. The molecule has 24 heavy (non-hydrogen) atoms. The van der Waals surface area contributed by atoms with Crippen molar-refractivity contribution in [2.45, 2.75) is 25.2 Å². The van der Waals surface area contributed by atoms with Crippen LogP contribution in [0, 0.1) is 6.92 Å². The third-order valence-corrected chi connectivity index (χ3v) is 4.80. The lowest BCUT2D eigenvalue weighted by Crippen LogP contribution is -2.43. The lowest BCUT2D eigenvalue weighted by molar-refractivity contribution is -0.137. The number of aryl methyl sites for hydroxylation is 1. The van der Waals surface area contributed by atoms with Crippen LogP contribution in [0.15, 0.2) is 54.6 Å². The van der Waals surface area contributed by atoms with Gasteiger partial charge in [0.05, 0.1) is 0 Å². The van der Waals surface area contributed by atoms with Gasteiger partial charge in [-0.2, -0.15) is 0 Å². The van der Waals surface area contributed by atoms with Gasteiger partial charge in [0.25, 0.3) is 0 Å². The zero-order valence-electron chi connectivity index (χ0n) is 14.1. The number of amides is 2. The Morgan fingerprint density at radius 2 is 1.67 bits per heavy atom. The number of anilines is 1. The minimum atomic E-state index is -0.554. The van der Waals surface area contributed by atoms with E-state index in [2.05, 4.69) is 24.4 Å². The van der Waals surface area contributed by atoms with Crippen molar-refractivity contribution in [2.24, 2.45) is 0 Å². The molecule has 0 radical (unpaired) electrons. The van der Waals surface area contributed by atoms with Crippen molar-refractivity contribution in [3.63, 3.8) is 0 Å². The van der Waals surface area contributed by atoms with Crippen LogP contribution >= 0.6 is 0 Å². The van der Waals surface area contributed by atoms with Gasteiger partial charge in [0.2, 0.25) is 0 Å². The Hall–Kier alpha value is -2.62. The van der Waals surface area contributed by atoms with Crippen LogP contribution in [0.5, 0.6) is 0 Å². The first-order chi connectivity index (χ1) is 11.5. The Labute approximate surface area is 142 Å². The van der Waals surface area contributed by atoms with E-state index in [-0.39, 0.29) is 5.41 Å². The number of nitrogens with zero attached hydrogens (tertiary/aromatic N) is 1. The van der Waals surface area contributed by atoms with Gasteiger partial charge in [-0.1, -0.05) is 42.5 Å². The van der Waals surface area contributed by atoms with Gasteiger partial charge >= 0.3 is 11.8 Å². The quantitative estimate of drug-likeness (QED) is 0.880. The second-order valence-electron chi connectivity index (χ2n) is 6.48. The van der Waals surface area contributed by atoms with Crippen LogP contribution in [-0.2, 0) is 15.0 Å². The molecule has 2 amide bonds. The van der Waals surface area contributed by atoms with E-state index in [0.717, 1.165) is 12.8 Å². The van der Waals surface area contributed by atoms with Crippen molar-refractivity contribution < 1.29 is 9.59 Å². The predicted molar refractivity (Wildman–Crippen MR) is 95.0 cm³/mol. The molecule has 1 aliphatic rings. The van der Waals surface area contributed by atoms with Gasteiger partial charge in [0.1, 0.15) is 0 Å². The highest BCUT2D eigenvalue weighted by Gasteiger charge is 2.45. The number of carbonyl (C=O) groups excluding carboxylic acids is 2. The molecule has 0 heterocycles. The van der Waals surface area contributed by atoms with Crippen molar-refractivity contribution in [1.29, 1.82) is 0 Å². The second-order valence-corrected chi connectivity index (χ2v) is 6.48. The molecule has 0 bridgehead atoms. The fourth-order valence-electron chi connectivity index (χ4n) is 3.11. The highest BCUT2D eigenvalue weighted by atomic mass is 16.2. The number of likely N-dealkylation sites (N-methyl/N-ethyl adjacent to an activating group) is 1. The third-order valence-electron chi connectivity index (χ3n) is 4.80. The van der Waals surface area contributed by atoms with Gasteiger partial charge in [-0.3, -0.25) is 9.59 Å². The molecule has 0 atom stereocenters. The Balaban J connectivity index is 1.64.